The number of rotatable bonds is 4. The van der Waals surface area contributed by atoms with Crippen LogP contribution >= 0.6 is 0 Å². The molecular formula is C26H4BF15. The minimum absolute atomic E-state index is 0.444. The lowest BCUT2D eigenvalue weighted by atomic mass is 9.76. The lowest BCUT2D eigenvalue weighted by molar-refractivity contribution is 0.375. The van der Waals surface area contributed by atoms with Crippen molar-refractivity contribution in [1.29, 1.82) is 0 Å². The van der Waals surface area contributed by atoms with E-state index < -0.39 is 126 Å². The molecule has 0 saturated heterocycles. The van der Waals surface area contributed by atoms with Crippen LogP contribution in [0.4, 0.5) is 65.9 Å². The first-order chi connectivity index (χ1) is 19.6. The average Bonchev–Trinajstić information content (AvgIpc) is 2.97. The van der Waals surface area contributed by atoms with Gasteiger partial charge in [0.1, 0.15) is 7.85 Å². The van der Waals surface area contributed by atoms with E-state index in [1.54, 1.807) is 0 Å². The zero-order chi connectivity index (χ0) is 31.5. The minimum Gasteiger partial charge on any atom is -0.203 e. The van der Waals surface area contributed by atoms with Crippen molar-refractivity contribution in [2.45, 2.75) is 0 Å². The van der Waals surface area contributed by atoms with E-state index in [0.717, 1.165) is 12.1 Å². The molecule has 4 aromatic rings. The summed E-state index contributed by atoms with van der Waals surface area (Å²) in [6, 6.07) is 2.47. The maximum atomic E-state index is 15.0. The Morgan fingerprint density at radius 1 is 0.381 bits per heavy atom. The summed E-state index contributed by atoms with van der Waals surface area (Å²) in [4.78, 5) is 0. The Labute approximate surface area is 224 Å². The van der Waals surface area contributed by atoms with Crippen LogP contribution in [-0.2, 0) is 0 Å². The first-order valence-corrected chi connectivity index (χ1v) is 10.7. The van der Waals surface area contributed by atoms with Gasteiger partial charge in [-0.1, -0.05) is 29.7 Å². The molecule has 2 radical (unpaired) electrons. The molecule has 4 aromatic carbocycles. The van der Waals surface area contributed by atoms with E-state index in [4.69, 9.17) is 7.85 Å². The maximum absolute atomic E-state index is 15.0. The van der Waals surface area contributed by atoms with Gasteiger partial charge in [-0.25, -0.2) is 65.9 Å². The third-order valence-electron chi connectivity index (χ3n) is 5.88. The van der Waals surface area contributed by atoms with Gasteiger partial charge in [0.15, 0.2) is 69.8 Å². The van der Waals surface area contributed by atoms with E-state index in [2.05, 4.69) is 0 Å². The van der Waals surface area contributed by atoms with Crippen molar-refractivity contribution >= 4 is 18.9 Å². The zero-order valence-corrected chi connectivity index (χ0v) is 19.6. The van der Waals surface area contributed by atoms with Crippen LogP contribution in [-0.4, -0.2) is 7.85 Å². The highest BCUT2D eigenvalue weighted by Gasteiger charge is 2.35. The van der Waals surface area contributed by atoms with Crippen molar-refractivity contribution in [3.63, 3.8) is 0 Å². The van der Waals surface area contributed by atoms with Crippen molar-refractivity contribution in [3.8, 4) is 11.1 Å². The van der Waals surface area contributed by atoms with Crippen molar-refractivity contribution in [2.75, 3.05) is 0 Å². The predicted molar refractivity (Wildman–Crippen MR) is 116 cm³/mol. The SMILES string of the molecule is [B]/C(=C(\c1ccccc1-c1c(F)c(F)c(F)c(F)c1F)c1c(F)c(F)c(F)c(F)c1F)c1c(F)c(F)c(F)c(F)c1F. The number of hydrogen-bond acceptors (Lipinski definition) is 0. The van der Waals surface area contributed by atoms with Gasteiger partial charge in [0.25, 0.3) is 0 Å². The molecule has 0 nitrogen and oxygen atoms in total. The molecule has 0 fully saturated rings. The molecule has 42 heavy (non-hydrogen) atoms. The Balaban J connectivity index is 2.31. The van der Waals surface area contributed by atoms with Gasteiger partial charge in [-0.3, -0.25) is 0 Å². The quantitative estimate of drug-likeness (QED) is 0.0713. The summed E-state index contributed by atoms with van der Waals surface area (Å²) >= 11 is 0. The molecule has 0 aliphatic heterocycles. The molecule has 0 spiro atoms. The van der Waals surface area contributed by atoms with Crippen LogP contribution in [0.2, 0.25) is 0 Å². The molecule has 4 rings (SSSR count). The Kier molecular flexibility index (Phi) is 7.87. The highest BCUT2D eigenvalue weighted by Crippen LogP contribution is 2.43. The highest BCUT2D eigenvalue weighted by atomic mass is 19.2. The summed E-state index contributed by atoms with van der Waals surface area (Å²) in [5, 5.41) is 0. The Bertz CT molecular complexity index is 1760. The Hall–Kier alpha value is -4.37. The molecule has 0 heterocycles. The van der Waals surface area contributed by atoms with E-state index in [0.29, 0.717) is 12.1 Å². The molecule has 0 atom stereocenters. The van der Waals surface area contributed by atoms with Crippen molar-refractivity contribution in [1.82, 2.24) is 0 Å². The van der Waals surface area contributed by atoms with E-state index in [1.807, 2.05) is 0 Å². The molecule has 0 aliphatic rings. The first-order valence-electron chi connectivity index (χ1n) is 10.7. The molecule has 0 bridgehead atoms. The van der Waals surface area contributed by atoms with Gasteiger partial charge in [-0.05, 0) is 16.7 Å². The van der Waals surface area contributed by atoms with Gasteiger partial charge >= 0.3 is 0 Å². The van der Waals surface area contributed by atoms with E-state index in [-0.39, 0.29) is 0 Å². The highest BCUT2D eigenvalue weighted by molar-refractivity contribution is 6.48. The van der Waals surface area contributed by atoms with Crippen molar-refractivity contribution in [3.05, 3.63) is 128 Å². The fraction of sp³-hybridized carbons (Fsp3) is 0. The van der Waals surface area contributed by atoms with Crippen LogP contribution in [0.15, 0.2) is 24.3 Å². The fourth-order valence-electron chi connectivity index (χ4n) is 3.97. The molecule has 0 aromatic heterocycles. The van der Waals surface area contributed by atoms with Gasteiger partial charge in [-0.15, -0.1) is 0 Å². The third kappa shape index (κ3) is 4.39. The summed E-state index contributed by atoms with van der Waals surface area (Å²) in [5.41, 5.74) is -12.8. The van der Waals surface area contributed by atoms with E-state index in [9.17, 15) is 65.9 Å². The normalized spacial score (nSPS) is 12.2. The van der Waals surface area contributed by atoms with Crippen LogP contribution in [0.1, 0.15) is 16.7 Å². The molecular weight excluding hydrogens is 608 g/mol. The summed E-state index contributed by atoms with van der Waals surface area (Å²) in [7, 11) is 5.55. The van der Waals surface area contributed by atoms with Crippen LogP contribution < -0.4 is 0 Å². The van der Waals surface area contributed by atoms with Gasteiger partial charge in [-0.2, -0.15) is 0 Å². The second-order valence-electron chi connectivity index (χ2n) is 8.17. The molecule has 216 valence electrons. The van der Waals surface area contributed by atoms with Crippen LogP contribution in [0.3, 0.4) is 0 Å². The van der Waals surface area contributed by atoms with Gasteiger partial charge in [0.05, 0.1) is 11.1 Å². The molecule has 16 heteroatoms. The predicted octanol–water partition coefficient (Wildman–Crippen LogP) is 8.53. The largest absolute Gasteiger partial charge is 0.203 e. The molecule has 0 unspecified atom stereocenters. The molecule has 0 aliphatic carbocycles. The molecule has 0 saturated carbocycles. The monoisotopic (exact) mass is 612 g/mol. The fourth-order valence-corrected chi connectivity index (χ4v) is 3.97. The molecule has 0 N–H and O–H groups in total. The molecule has 0 amide bonds. The number of benzene rings is 4. The van der Waals surface area contributed by atoms with Crippen molar-refractivity contribution < 1.29 is 65.9 Å². The van der Waals surface area contributed by atoms with Crippen LogP contribution in [0.25, 0.3) is 22.2 Å². The second kappa shape index (κ2) is 10.8. The van der Waals surface area contributed by atoms with Crippen LogP contribution in [0, 0.1) is 87.3 Å². The minimum atomic E-state index is -2.82. The summed E-state index contributed by atoms with van der Waals surface area (Å²) < 4.78 is 214. The van der Waals surface area contributed by atoms with Gasteiger partial charge in [0.2, 0.25) is 17.5 Å². The van der Waals surface area contributed by atoms with Crippen molar-refractivity contribution in [2.24, 2.45) is 0 Å². The van der Waals surface area contributed by atoms with Gasteiger partial charge < -0.3 is 0 Å². The van der Waals surface area contributed by atoms with Gasteiger partial charge in [0, 0.05) is 5.56 Å². The number of halogens is 15. The Morgan fingerprint density at radius 3 is 1.10 bits per heavy atom. The second-order valence-corrected chi connectivity index (χ2v) is 8.17. The number of hydrogen-bond donors (Lipinski definition) is 0. The summed E-state index contributed by atoms with van der Waals surface area (Å²) in [6.07, 6.45) is 0. The first kappa shape index (κ1) is 30.6. The lowest BCUT2D eigenvalue weighted by Gasteiger charge is -2.21. The summed E-state index contributed by atoms with van der Waals surface area (Å²) in [5.74, 6) is -40.7. The average molecular weight is 612 g/mol. The topological polar surface area (TPSA) is 0 Å². The lowest BCUT2D eigenvalue weighted by Crippen LogP contribution is -2.13. The summed E-state index contributed by atoms with van der Waals surface area (Å²) in [6.45, 7) is 0. The zero-order valence-electron chi connectivity index (χ0n) is 19.6. The van der Waals surface area contributed by atoms with E-state index in [1.165, 1.54) is 0 Å². The third-order valence-corrected chi connectivity index (χ3v) is 5.88. The standard InChI is InChI=1S/C26H4BF15/c27-11(10-16(32)22(38)26(42)23(39)17(10)33)7(9-14(30)20(36)25(41)21(37)15(9)31)5-3-1-2-4-6(5)8-12(28)18(34)24(40)19(35)13(8)29/h1-4H/b11-7+. The van der Waals surface area contributed by atoms with Crippen LogP contribution in [0.5, 0.6) is 0 Å². The van der Waals surface area contributed by atoms with E-state index >= 15 is 0 Å². The maximum Gasteiger partial charge on any atom is 0.200 e. The smallest absolute Gasteiger partial charge is 0.200 e. The Morgan fingerprint density at radius 2 is 0.690 bits per heavy atom.